The number of benzene rings is 1. The van der Waals surface area contributed by atoms with E-state index in [1.807, 2.05) is 18.2 Å². The van der Waals surface area contributed by atoms with Crippen LogP contribution >= 0.6 is 0 Å². The average molecular weight is 285 g/mol. The van der Waals surface area contributed by atoms with Crippen LogP contribution in [0.25, 0.3) is 0 Å². The summed E-state index contributed by atoms with van der Waals surface area (Å²) in [6.07, 6.45) is 3.68. The van der Waals surface area contributed by atoms with E-state index >= 15 is 0 Å². The Morgan fingerprint density at radius 1 is 1.38 bits per heavy atom. The Kier molecular flexibility index (Phi) is 3.65. The maximum absolute atomic E-state index is 11.9. The zero-order chi connectivity index (χ0) is 14.7. The van der Waals surface area contributed by atoms with Crippen molar-refractivity contribution in [1.29, 1.82) is 5.26 Å². The average Bonchev–Trinajstić information content (AvgIpc) is 3.21. The van der Waals surface area contributed by atoms with E-state index in [1.165, 1.54) is 6.20 Å². The highest BCUT2D eigenvalue weighted by atomic mass is 16.7. The smallest absolute Gasteiger partial charge is 0.263 e. The third-order valence-corrected chi connectivity index (χ3v) is 3.30. The Hall–Kier alpha value is -2.68. The molecule has 108 valence electrons. The Bertz CT molecular complexity index is 630. The van der Waals surface area contributed by atoms with Crippen LogP contribution in [-0.2, 0) is 11.3 Å². The lowest BCUT2D eigenvalue weighted by Gasteiger charge is -2.06. The van der Waals surface area contributed by atoms with Crippen LogP contribution in [0.15, 0.2) is 30.0 Å². The van der Waals surface area contributed by atoms with Crippen molar-refractivity contribution >= 4 is 5.91 Å². The highest BCUT2D eigenvalue weighted by molar-refractivity contribution is 5.97. The van der Waals surface area contributed by atoms with Crippen molar-refractivity contribution in [3.8, 4) is 17.6 Å². The van der Waals surface area contributed by atoms with Gasteiger partial charge in [0.1, 0.15) is 11.6 Å². The van der Waals surface area contributed by atoms with Gasteiger partial charge in [0.2, 0.25) is 6.79 Å². The molecule has 1 aromatic rings. The number of hydrogen-bond donors (Lipinski definition) is 2. The number of nitrogens with zero attached hydrogens (tertiary/aromatic N) is 1. The van der Waals surface area contributed by atoms with Crippen LogP contribution < -0.4 is 20.1 Å². The monoisotopic (exact) mass is 285 g/mol. The summed E-state index contributed by atoms with van der Waals surface area (Å²) in [5, 5.41) is 14.8. The lowest BCUT2D eigenvalue weighted by Crippen LogP contribution is -2.25. The minimum Gasteiger partial charge on any atom is -0.454 e. The zero-order valence-corrected chi connectivity index (χ0v) is 11.4. The van der Waals surface area contributed by atoms with Gasteiger partial charge in [-0.1, -0.05) is 6.07 Å². The fourth-order valence-corrected chi connectivity index (χ4v) is 1.93. The minimum atomic E-state index is -0.386. The second kappa shape index (κ2) is 5.75. The second-order valence-corrected chi connectivity index (χ2v) is 4.98. The van der Waals surface area contributed by atoms with Crippen molar-refractivity contribution in [2.24, 2.45) is 0 Å². The van der Waals surface area contributed by atoms with Gasteiger partial charge in [0, 0.05) is 18.8 Å². The van der Waals surface area contributed by atoms with Crippen molar-refractivity contribution in [2.45, 2.75) is 25.4 Å². The molecule has 2 N–H and O–H groups in total. The minimum absolute atomic E-state index is 0.0858. The lowest BCUT2D eigenvalue weighted by molar-refractivity contribution is -0.117. The fraction of sp³-hybridized carbons (Fsp3) is 0.333. The molecule has 1 amide bonds. The highest BCUT2D eigenvalue weighted by Gasteiger charge is 2.20. The predicted molar refractivity (Wildman–Crippen MR) is 74.3 cm³/mol. The molecule has 1 fully saturated rings. The van der Waals surface area contributed by atoms with E-state index < -0.39 is 0 Å². The number of nitriles is 1. The summed E-state index contributed by atoms with van der Waals surface area (Å²) in [5.41, 5.74) is 0.975. The molecule has 21 heavy (non-hydrogen) atoms. The number of amides is 1. The molecule has 0 spiro atoms. The van der Waals surface area contributed by atoms with E-state index in [0.29, 0.717) is 24.1 Å². The molecule has 0 aromatic heterocycles. The van der Waals surface area contributed by atoms with Crippen molar-refractivity contribution in [2.75, 3.05) is 6.79 Å². The SMILES string of the molecule is N#C/C(=C/NC1CC1)C(=O)NCc1ccc2c(c1)OCO2. The van der Waals surface area contributed by atoms with Crippen LogP contribution in [0.1, 0.15) is 18.4 Å². The molecule has 0 radical (unpaired) electrons. The molecule has 2 aliphatic rings. The van der Waals surface area contributed by atoms with Crippen LogP contribution in [0.2, 0.25) is 0 Å². The van der Waals surface area contributed by atoms with Crippen LogP contribution in [0, 0.1) is 11.3 Å². The van der Waals surface area contributed by atoms with Crippen LogP contribution in [0.4, 0.5) is 0 Å². The van der Waals surface area contributed by atoms with Gasteiger partial charge in [-0.05, 0) is 30.5 Å². The summed E-state index contributed by atoms with van der Waals surface area (Å²) in [4.78, 5) is 11.9. The molecular formula is C15H15N3O3. The van der Waals surface area contributed by atoms with Crippen LogP contribution in [0.5, 0.6) is 11.5 Å². The van der Waals surface area contributed by atoms with E-state index in [4.69, 9.17) is 14.7 Å². The van der Waals surface area contributed by atoms with Gasteiger partial charge in [-0.25, -0.2) is 0 Å². The van der Waals surface area contributed by atoms with Crippen molar-refractivity contribution in [3.63, 3.8) is 0 Å². The van der Waals surface area contributed by atoms with E-state index in [0.717, 1.165) is 18.4 Å². The molecule has 6 nitrogen and oxygen atoms in total. The summed E-state index contributed by atoms with van der Waals surface area (Å²) in [6, 6.07) is 7.80. The van der Waals surface area contributed by atoms with Gasteiger partial charge in [0.25, 0.3) is 5.91 Å². The molecular weight excluding hydrogens is 270 g/mol. The summed E-state index contributed by atoms with van der Waals surface area (Å²) in [7, 11) is 0. The van der Waals surface area contributed by atoms with Crippen molar-refractivity contribution in [1.82, 2.24) is 10.6 Å². The van der Waals surface area contributed by atoms with E-state index in [1.54, 1.807) is 6.07 Å². The largest absolute Gasteiger partial charge is 0.454 e. The third kappa shape index (κ3) is 3.26. The van der Waals surface area contributed by atoms with Gasteiger partial charge in [-0.15, -0.1) is 0 Å². The van der Waals surface area contributed by atoms with Crippen molar-refractivity contribution in [3.05, 3.63) is 35.5 Å². The van der Waals surface area contributed by atoms with Gasteiger partial charge in [0.05, 0.1) is 0 Å². The standard InChI is InChI=1S/C15H15N3O3/c16-6-11(8-17-12-2-3-12)15(19)18-7-10-1-4-13-14(5-10)21-9-20-13/h1,4-5,8,12,17H,2-3,7,9H2,(H,18,19)/b11-8-. The molecule has 0 unspecified atom stereocenters. The normalized spacial score (nSPS) is 16.2. The van der Waals surface area contributed by atoms with Crippen molar-refractivity contribution < 1.29 is 14.3 Å². The molecule has 6 heteroatoms. The van der Waals surface area contributed by atoms with Gasteiger partial charge < -0.3 is 20.1 Å². The molecule has 3 rings (SSSR count). The topological polar surface area (TPSA) is 83.4 Å². The number of carbonyl (C=O) groups excluding carboxylic acids is 1. The summed E-state index contributed by atoms with van der Waals surface area (Å²) in [6.45, 7) is 0.553. The first-order valence-electron chi connectivity index (χ1n) is 6.79. The molecule has 0 saturated heterocycles. The molecule has 1 saturated carbocycles. The lowest BCUT2D eigenvalue weighted by atomic mass is 10.2. The molecule has 0 bridgehead atoms. The number of hydrogen-bond acceptors (Lipinski definition) is 5. The first kappa shape index (κ1) is 13.3. The van der Waals surface area contributed by atoms with Gasteiger partial charge >= 0.3 is 0 Å². The number of rotatable bonds is 5. The summed E-state index contributed by atoms with van der Waals surface area (Å²) >= 11 is 0. The van der Waals surface area contributed by atoms with E-state index in [-0.39, 0.29) is 18.3 Å². The Morgan fingerprint density at radius 2 is 2.19 bits per heavy atom. The Morgan fingerprint density at radius 3 is 2.95 bits per heavy atom. The van der Waals surface area contributed by atoms with Gasteiger partial charge in [-0.2, -0.15) is 5.26 Å². The quantitative estimate of drug-likeness (QED) is 0.627. The maximum atomic E-state index is 11.9. The molecule has 1 heterocycles. The first-order valence-corrected chi connectivity index (χ1v) is 6.79. The Labute approximate surface area is 122 Å². The van der Waals surface area contributed by atoms with Crippen LogP contribution in [0.3, 0.4) is 0 Å². The molecule has 0 atom stereocenters. The second-order valence-electron chi connectivity index (χ2n) is 4.98. The van der Waals surface area contributed by atoms with Crippen LogP contribution in [-0.4, -0.2) is 18.7 Å². The fourth-order valence-electron chi connectivity index (χ4n) is 1.93. The molecule has 1 aliphatic heterocycles. The maximum Gasteiger partial charge on any atom is 0.263 e. The van der Waals surface area contributed by atoms with Gasteiger partial charge in [-0.3, -0.25) is 4.79 Å². The molecule has 1 aromatic carbocycles. The zero-order valence-electron chi connectivity index (χ0n) is 11.4. The Balaban J connectivity index is 1.57. The third-order valence-electron chi connectivity index (χ3n) is 3.30. The molecule has 1 aliphatic carbocycles. The summed E-state index contributed by atoms with van der Waals surface area (Å²) < 4.78 is 10.5. The highest BCUT2D eigenvalue weighted by Crippen LogP contribution is 2.32. The number of nitrogens with one attached hydrogen (secondary N) is 2. The van der Waals surface area contributed by atoms with E-state index in [2.05, 4.69) is 10.6 Å². The number of carbonyl (C=O) groups is 1. The first-order chi connectivity index (χ1) is 10.3. The van der Waals surface area contributed by atoms with Gasteiger partial charge in [0.15, 0.2) is 11.5 Å². The number of ether oxygens (including phenoxy) is 2. The predicted octanol–water partition coefficient (Wildman–Crippen LogP) is 1.19. The number of fused-ring (bicyclic) bond motifs is 1. The van der Waals surface area contributed by atoms with E-state index in [9.17, 15) is 4.79 Å². The summed E-state index contributed by atoms with van der Waals surface area (Å²) in [5.74, 6) is 0.993.